The van der Waals surface area contributed by atoms with Gasteiger partial charge in [-0.1, -0.05) is 20.8 Å². The van der Waals surface area contributed by atoms with E-state index in [-0.39, 0.29) is 0 Å². The van der Waals surface area contributed by atoms with Crippen LogP contribution >= 0.6 is 0 Å². The molecule has 0 aromatic heterocycles. The summed E-state index contributed by atoms with van der Waals surface area (Å²) in [7, 11) is 0. The van der Waals surface area contributed by atoms with Crippen LogP contribution in [0.4, 0.5) is 0 Å². The topological polar surface area (TPSA) is 24.1 Å². The molecule has 3 atom stereocenters. The number of rotatable bonds is 7. The van der Waals surface area contributed by atoms with Crippen LogP contribution in [0.2, 0.25) is 0 Å². The first-order valence-electron chi connectivity index (χ1n) is 9.30. The minimum atomic E-state index is 0.602. The fourth-order valence-electron chi connectivity index (χ4n) is 6.98. The highest BCUT2D eigenvalue weighted by Gasteiger charge is 2.59. The van der Waals surface area contributed by atoms with Gasteiger partial charge in [-0.2, -0.15) is 0 Å². The van der Waals surface area contributed by atoms with Gasteiger partial charge in [0.15, 0.2) is 0 Å². The van der Waals surface area contributed by atoms with E-state index in [1.54, 1.807) is 0 Å². The molecular formula is C19H36N2. The summed E-state index contributed by atoms with van der Waals surface area (Å²) in [6.45, 7) is 13.1. The van der Waals surface area contributed by atoms with Crippen LogP contribution in [0.15, 0.2) is 0 Å². The molecule has 4 rings (SSSR count). The van der Waals surface area contributed by atoms with E-state index in [0.717, 1.165) is 19.0 Å². The zero-order valence-electron chi connectivity index (χ0n) is 14.7. The van der Waals surface area contributed by atoms with Crippen molar-refractivity contribution in [2.75, 3.05) is 19.6 Å². The van der Waals surface area contributed by atoms with Crippen LogP contribution in [0.25, 0.3) is 0 Å². The Morgan fingerprint density at radius 1 is 1.05 bits per heavy atom. The van der Waals surface area contributed by atoms with Gasteiger partial charge in [-0.05, 0) is 87.1 Å². The SMILES string of the molecule is CCNCC(C)NCCC12CC3CC(C)(CC(C)(C3)C1)C2. The van der Waals surface area contributed by atoms with Gasteiger partial charge in [-0.25, -0.2) is 0 Å². The van der Waals surface area contributed by atoms with E-state index in [1.807, 2.05) is 0 Å². The van der Waals surface area contributed by atoms with Gasteiger partial charge >= 0.3 is 0 Å². The van der Waals surface area contributed by atoms with Gasteiger partial charge in [0.1, 0.15) is 0 Å². The first-order chi connectivity index (χ1) is 9.86. The summed E-state index contributed by atoms with van der Waals surface area (Å²) in [6, 6.07) is 0.602. The Morgan fingerprint density at radius 2 is 1.71 bits per heavy atom. The van der Waals surface area contributed by atoms with Crippen LogP contribution in [0.5, 0.6) is 0 Å². The fourth-order valence-corrected chi connectivity index (χ4v) is 6.98. The quantitative estimate of drug-likeness (QED) is 0.742. The van der Waals surface area contributed by atoms with Gasteiger partial charge in [0.05, 0.1) is 0 Å². The van der Waals surface area contributed by atoms with Crippen LogP contribution in [-0.2, 0) is 0 Å². The van der Waals surface area contributed by atoms with Gasteiger partial charge in [0.2, 0.25) is 0 Å². The van der Waals surface area contributed by atoms with E-state index in [1.165, 1.54) is 51.5 Å². The summed E-state index contributed by atoms with van der Waals surface area (Å²) in [5.74, 6) is 1.04. The maximum Gasteiger partial charge on any atom is 0.0164 e. The molecule has 0 amide bonds. The summed E-state index contributed by atoms with van der Waals surface area (Å²) < 4.78 is 0. The molecule has 2 heteroatoms. The number of nitrogens with one attached hydrogen (secondary N) is 2. The van der Waals surface area contributed by atoms with Crippen molar-refractivity contribution in [2.45, 2.75) is 78.7 Å². The lowest BCUT2D eigenvalue weighted by atomic mass is 9.40. The van der Waals surface area contributed by atoms with E-state index >= 15 is 0 Å². The second-order valence-corrected chi connectivity index (χ2v) is 9.54. The monoisotopic (exact) mass is 292 g/mol. The molecule has 4 fully saturated rings. The van der Waals surface area contributed by atoms with Crippen LogP contribution in [0.3, 0.4) is 0 Å². The Balaban J connectivity index is 1.55. The second-order valence-electron chi connectivity index (χ2n) is 9.54. The summed E-state index contributed by atoms with van der Waals surface area (Å²) >= 11 is 0. The van der Waals surface area contributed by atoms with Gasteiger partial charge in [0, 0.05) is 12.6 Å². The van der Waals surface area contributed by atoms with E-state index in [9.17, 15) is 0 Å². The molecule has 21 heavy (non-hydrogen) atoms. The molecule has 0 aromatic rings. The lowest BCUT2D eigenvalue weighted by Crippen LogP contribution is -2.55. The summed E-state index contributed by atoms with van der Waals surface area (Å²) in [5.41, 5.74) is 2.01. The minimum Gasteiger partial charge on any atom is -0.315 e. The predicted molar refractivity (Wildman–Crippen MR) is 90.5 cm³/mol. The van der Waals surface area contributed by atoms with Gasteiger partial charge in [-0.3, -0.25) is 0 Å². The van der Waals surface area contributed by atoms with Crippen LogP contribution in [0, 0.1) is 22.2 Å². The molecule has 122 valence electrons. The van der Waals surface area contributed by atoms with Gasteiger partial charge < -0.3 is 10.6 Å². The molecule has 4 aliphatic rings. The molecule has 0 aromatic carbocycles. The number of hydrogen-bond acceptors (Lipinski definition) is 2. The van der Waals surface area contributed by atoms with Crippen molar-refractivity contribution in [3.05, 3.63) is 0 Å². The van der Waals surface area contributed by atoms with Crippen molar-refractivity contribution in [1.82, 2.24) is 10.6 Å². The Kier molecular flexibility index (Phi) is 4.16. The lowest BCUT2D eigenvalue weighted by Gasteiger charge is -2.65. The van der Waals surface area contributed by atoms with E-state index in [4.69, 9.17) is 0 Å². The number of likely N-dealkylation sites (N-methyl/N-ethyl adjacent to an activating group) is 1. The van der Waals surface area contributed by atoms with E-state index in [2.05, 4.69) is 38.3 Å². The molecule has 4 saturated carbocycles. The Bertz CT molecular complexity index is 360. The molecule has 4 aliphatic carbocycles. The Labute approximate surface area is 131 Å². The molecule has 2 nitrogen and oxygen atoms in total. The largest absolute Gasteiger partial charge is 0.315 e. The van der Waals surface area contributed by atoms with E-state index in [0.29, 0.717) is 22.3 Å². The molecule has 2 N–H and O–H groups in total. The summed E-state index contributed by atoms with van der Waals surface area (Å²) in [5, 5.41) is 7.20. The molecular weight excluding hydrogens is 256 g/mol. The molecule has 3 unspecified atom stereocenters. The summed E-state index contributed by atoms with van der Waals surface area (Å²) in [4.78, 5) is 0. The zero-order chi connectivity index (χ0) is 15.1. The lowest BCUT2D eigenvalue weighted by molar-refractivity contribution is -0.147. The molecule has 0 heterocycles. The van der Waals surface area contributed by atoms with Crippen molar-refractivity contribution in [3.8, 4) is 0 Å². The van der Waals surface area contributed by atoms with E-state index < -0.39 is 0 Å². The summed E-state index contributed by atoms with van der Waals surface area (Å²) in [6.07, 6.45) is 10.5. The van der Waals surface area contributed by atoms with Gasteiger partial charge in [0.25, 0.3) is 0 Å². The van der Waals surface area contributed by atoms with Crippen molar-refractivity contribution < 1.29 is 0 Å². The second kappa shape index (κ2) is 5.53. The number of hydrogen-bond donors (Lipinski definition) is 2. The highest BCUT2D eigenvalue weighted by molar-refractivity contribution is 5.10. The fraction of sp³-hybridized carbons (Fsp3) is 1.00. The normalized spacial score (nSPS) is 46.0. The standard InChI is InChI=1S/C19H36N2/c1-5-20-11-15(2)21-7-6-19-10-16-8-17(3,13-19)12-18(4,9-16)14-19/h15-16,20-21H,5-14H2,1-4H3. The minimum absolute atomic E-state index is 0.602. The van der Waals surface area contributed by atoms with Gasteiger partial charge in [-0.15, -0.1) is 0 Å². The molecule has 0 spiro atoms. The molecule has 4 bridgehead atoms. The average molecular weight is 293 g/mol. The van der Waals surface area contributed by atoms with Crippen molar-refractivity contribution >= 4 is 0 Å². The molecule has 0 aliphatic heterocycles. The third kappa shape index (κ3) is 3.32. The first-order valence-corrected chi connectivity index (χ1v) is 9.30. The maximum absolute atomic E-state index is 3.75. The van der Waals surface area contributed by atoms with Crippen molar-refractivity contribution in [2.24, 2.45) is 22.2 Å². The van der Waals surface area contributed by atoms with Crippen molar-refractivity contribution in [1.29, 1.82) is 0 Å². The molecule has 0 radical (unpaired) electrons. The predicted octanol–water partition coefficient (Wildman–Crippen LogP) is 3.96. The molecule has 0 saturated heterocycles. The van der Waals surface area contributed by atoms with Crippen LogP contribution in [-0.4, -0.2) is 25.7 Å². The smallest absolute Gasteiger partial charge is 0.0164 e. The Hall–Kier alpha value is -0.0800. The average Bonchev–Trinajstić information content (AvgIpc) is 2.31. The zero-order valence-corrected chi connectivity index (χ0v) is 14.7. The van der Waals surface area contributed by atoms with Crippen molar-refractivity contribution in [3.63, 3.8) is 0 Å². The van der Waals surface area contributed by atoms with Crippen LogP contribution < -0.4 is 10.6 Å². The van der Waals surface area contributed by atoms with Crippen LogP contribution in [0.1, 0.15) is 72.6 Å². The third-order valence-corrected chi connectivity index (χ3v) is 6.59. The highest BCUT2D eigenvalue weighted by Crippen LogP contribution is 2.70. The maximum atomic E-state index is 3.75. The first kappa shape index (κ1) is 15.8. The highest BCUT2D eigenvalue weighted by atomic mass is 15.0. The Morgan fingerprint density at radius 3 is 2.29 bits per heavy atom. The third-order valence-electron chi connectivity index (χ3n) is 6.59.